The molecule has 3 N–H and O–H groups in total. The monoisotopic (exact) mass is 566 g/mol. The van der Waals surface area contributed by atoms with Crippen LogP contribution in [0.1, 0.15) is 40.9 Å². The van der Waals surface area contributed by atoms with Gasteiger partial charge in [-0.15, -0.1) is 0 Å². The average Bonchev–Trinajstić information content (AvgIpc) is 3.43. The first kappa shape index (κ1) is 27.8. The number of benzene rings is 3. The van der Waals surface area contributed by atoms with E-state index in [4.69, 9.17) is 19.5 Å². The van der Waals surface area contributed by atoms with Crippen LogP contribution in [0.4, 0.5) is 4.39 Å². The lowest BCUT2D eigenvalue weighted by Crippen LogP contribution is -2.30. The van der Waals surface area contributed by atoms with Gasteiger partial charge in [0.1, 0.15) is 22.9 Å². The molecule has 3 aromatic carbocycles. The second-order valence-electron chi connectivity index (χ2n) is 10.0. The molecule has 4 aromatic rings. The average molecular weight is 566 g/mol. The lowest BCUT2D eigenvalue weighted by molar-refractivity contribution is 0.100. The summed E-state index contributed by atoms with van der Waals surface area (Å²) in [7, 11) is -4.68. The molecule has 0 atom stereocenters. The van der Waals surface area contributed by atoms with Crippen molar-refractivity contribution in [3.8, 4) is 17.1 Å². The van der Waals surface area contributed by atoms with Crippen molar-refractivity contribution in [2.24, 2.45) is 5.73 Å². The molecule has 0 bridgehead atoms. The molecule has 0 radical (unpaired) electrons. The van der Waals surface area contributed by atoms with Gasteiger partial charge in [0.25, 0.3) is 5.91 Å². The molecule has 9 nitrogen and oxygen atoms in total. The number of carbonyl (C=O) groups is 1. The minimum Gasteiger partial charge on any atom is -0.491 e. The topological polar surface area (TPSA) is 132 Å². The van der Waals surface area contributed by atoms with E-state index in [1.807, 2.05) is 19.9 Å². The maximum atomic E-state index is 13.5. The summed E-state index contributed by atoms with van der Waals surface area (Å²) in [5, 5.41) is 10.3. The van der Waals surface area contributed by atoms with E-state index in [-0.39, 0.29) is 37.1 Å². The largest absolute Gasteiger partial charge is 0.491 e. The molecule has 0 aliphatic carbocycles. The van der Waals surface area contributed by atoms with E-state index in [1.165, 1.54) is 28.6 Å². The number of hydrogen-bond donors (Lipinski definition) is 2. The standard InChI is InChI=1S/C28H28BFN2O7S/c1-16(2)38-24-12-22-25(39-27(26(22)28(31)33)18-5-7-21(30)8-6-18)11-19(24)14-32(40(3,35)36)13-17-4-9-23-20(10-17)15-37-29(23)34/h4-12,16,34H,13-15H2,1-3H3,(H2,31,33). The van der Waals surface area contributed by atoms with E-state index in [1.54, 1.807) is 24.3 Å². The molecule has 1 amide bonds. The van der Waals surface area contributed by atoms with Gasteiger partial charge in [0, 0.05) is 29.6 Å². The van der Waals surface area contributed by atoms with Crippen molar-refractivity contribution in [2.75, 3.05) is 6.26 Å². The van der Waals surface area contributed by atoms with Crippen LogP contribution in [-0.2, 0) is 34.4 Å². The third-order valence-corrected chi connectivity index (χ3v) is 7.83. The van der Waals surface area contributed by atoms with Crippen molar-refractivity contribution in [3.05, 3.63) is 82.7 Å². The molecule has 0 fully saturated rings. The molecule has 0 unspecified atom stereocenters. The van der Waals surface area contributed by atoms with Crippen LogP contribution in [0.25, 0.3) is 22.3 Å². The second-order valence-corrected chi connectivity index (χ2v) is 12.0. The highest BCUT2D eigenvalue weighted by molar-refractivity contribution is 7.88. The summed E-state index contributed by atoms with van der Waals surface area (Å²) >= 11 is 0. The number of nitrogens with zero attached hydrogens (tertiary/aromatic N) is 1. The number of fused-ring (bicyclic) bond motifs is 2. The summed E-state index contributed by atoms with van der Waals surface area (Å²) in [5.41, 5.74) is 9.30. The zero-order valence-electron chi connectivity index (χ0n) is 22.2. The van der Waals surface area contributed by atoms with Crippen LogP contribution in [0.5, 0.6) is 5.75 Å². The molecule has 1 aliphatic heterocycles. The smallest absolute Gasteiger partial charge is 0.491 e. The lowest BCUT2D eigenvalue weighted by atomic mass is 9.79. The number of primary amides is 1. The fraction of sp³-hybridized carbons (Fsp3) is 0.250. The van der Waals surface area contributed by atoms with Crippen molar-refractivity contribution in [3.63, 3.8) is 0 Å². The molecular weight excluding hydrogens is 538 g/mol. The van der Waals surface area contributed by atoms with Gasteiger partial charge in [-0.25, -0.2) is 12.8 Å². The van der Waals surface area contributed by atoms with Gasteiger partial charge in [-0.2, -0.15) is 4.31 Å². The van der Waals surface area contributed by atoms with Gasteiger partial charge in [-0.3, -0.25) is 4.79 Å². The van der Waals surface area contributed by atoms with Gasteiger partial charge in [0.05, 0.1) is 24.5 Å². The predicted molar refractivity (Wildman–Crippen MR) is 149 cm³/mol. The Morgan fingerprint density at radius 1 is 1.15 bits per heavy atom. The van der Waals surface area contributed by atoms with Crippen molar-refractivity contribution in [2.45, 2.75) is 39.6 Å². The molecule has 2 heterocycles. The number of sulfonamides is 1. The van der Waals surface area contributed by atoms with Crippen molar-refractivity contribution < 1.29 is 36.4 Å². The van der Waals surface area contributed by atoms with E-state index in [2.05, 4.69) is 0 Å². The summed E-state index contributed by atoms with van der Waals surface area (Å²) in [5.74, 6) is -0.624. The fourth-order valence-electron chi connectivity index (χ4n) is 4.77. The molecule has 12 heteroatoms. The van der Waals surface area contributed by atoms with E-state index in [9.17, 15) is 22.6 Å². The molecule has 0 saturated carbocycles. The first-order chi connectivity index (χ1) is 18.9. The van der Waals surface area contributed by atoms with Crippen molar-refractivity contribution >= 4 is 39.5 Å². The molecule has 5 rings (SSSR count). The van der Waals surface area contributed by atoms with Gasteiger partial charge in [-0.05, 0) is 66.8 Å². The van der Waals surface area contributed by atoms with Gasteiger partial charge in [0.2, 0.25) is 10.0 Å². The van der Waals surface area contributed by atoms with Gasteiger partial charge in [-0.1, -0.05) is 18.2 Å². The Hall–Kier alpha value is -3.71. The molecule has 0 saturated heterocycles. The zero-order valence-corrected chi connectivity index (χ0v) is 23.0. The SMILES string of the molecule is CC(C)Oc1cc2c(C(N)=O)c(-c3ccc(F)cc3)oc2cc1CN(Cc1ccc2c(c1)COB2O)S(C)(=O)=O. The Morgan fingerprint density at radius 2 is 1.88 bits per heavy atom. The normalized spacial score (nSPS) is 13.4. The maximum Gasteiger partial charge on any atom is 0.491 e. The number of furan rings is 1. The third kappa shape index (κ3) is 5.61. The van der Waals surface area contributed by atoms with Crippen LogP contribution < -0.4 is 15.9 Å². The Morgan fingerprint density at radius 3 is 2.52 bits per heavy atom. The number of rotatable bonds is 9. The maximum absolute atomic E-state index is 13.5. The molecule has 208 valence electrons. The number of ether oxygens (including phenoxy) is 1. The highest BCUT2D eigenvalue weighted by atomic mass is 32.2. The van der Waals surface area contributed by atoms with E-state index >= 15 is 0 Å². The molecule has 40 heavy (non-hydrogen) atoms. The fourth-order valence-corrected chi connectivity index (χ4v) is 5.52. The van der Waals surface area contributed by atoms with Crippen LogP contribution in [0.2, 0.25) is 0 Å². The van der Waals surface area contributed by atoms with Crippen LogP contribution >= 0.6 is 0 Å². The Bertz CT molecular complexity index is 1700. The van der Waals surface area contributed by atoms with Gasteiger partial charge < -0.3 is 24.6 Å². The van der Waals surface area contributed by atoms with Crippen LogP contribution in [0.15, 0.2) is 59.0 Å². The zero-order chi connectivity index (χ0) is 28.8. The molecular formula is C28H28BFN2O7S. The Kier molecular flexibility index (Phi) is 7.45. The first-order valence-corrected chi connectivity index (χ1v) is 14.4. The quantitative estimate of drug-likeness (QED) is 0.297. The first-order valence-electron chi connectivity index (χ1n) is 12.6. The minimum absolute atomic E-state index is 0.0501. The molecule has 0 spiro atoms. The highest BCUT2D eigenvalue weighted by Gasteiger charge is 2.29. The molecule has 1 aliphatic rings. The van der Waals surface area contributed by atoms with Crippen LogP contribution in [0, 0.1) is 5.82 Å². The summed E-state index contributed by atoms with van der Waals surface area (Å²) in [4.78, 5) is 12.5. The van der Waals surface area contributed by atoms with Gasteiger partial charge in [0.15, 0.2) is 0 Å². The van der Waals surface area contributed by atoms with Crippen molar-refractivity contribution in [1.82, 2.24) is 4.31 Å². The Balaban J connectivity index is 1.58. The predicted octanol–water partition coefficient (Wildman–Crippen LogP) is 3.30. The van der Waals surface area contributed by atoms with E-state index in [0.717, 1.165) is 17.4 Å². The van der Waals surface area contributed by atoms with Crippen LogP contribution in [0.3, 0.4) is 0 Å². The number of carbonyl (C=O) groups excluding carboxylic acids is 1. The number of nitrogens with two attached hydrogens (primary N) is 1. The van der Waals surface area contributed by atoms with E-state index < -0.39 is 28.9 Å². The van der Waals surface area contributed by atoms with Crippen molar-refractivity contribution in [1.29, 1.82) is 0 Å². The van der Waals surface area contributed by atoms with Gasteiger partial charge >= 0.3 is 7.12 Å². The number of amides is 1. The summed E-state index contributed by atoms with van der Waals surface area (Å²) in [6.45, 7) is 3.91. The Labute approximate surface area is 231 Å². The molecule has 1 aromatic heterocycles. The summed E-state index contributed by atoms with van der Waals surface area (Å²) in [6, 6.07) is 14.0. The number of hydrogen-bond acceptors (Lipinski definition) is 7. The minimum atomic E-state index is -3.69. The highest BCUT2D eigenvalue weighted by Crippen LogP contribution is 2.38. The summed E-state index contributed by atoms with van der Waals surface area (Å²) in [6.07, 6.45) is 0.867. The third-order valence-electron chi connectivity index (χ3n) is 6.63. The van der Waals surface area contributed by atoms with E-state index in [0.29, 0.717) is 33.3 Å². The lowest BCUT2D eigenvalue weighted by Gasteiger charge is -2.23. The summed E-state index contributed by atoms with van der Waals surface area (Å²) < 4.78 is 58.0. The second kappa shape index (κ2) is 10.7. The van der Waals surface area contributed by atoms with Crippen LogP contribution in [-0.4, -0.2) is 43.1 Å². The number of halogens is 1.